The third-order valence-electron chi connectivity index (χ3n) is 5.97. The maximum Gasteiger partial charge on any atom is 0.240 e. The van der Waals surface area contributed by atoms with Gasteiger partial charge in [0.1, 0.15) is 28.5 Å². The summed E-state index contributed by atoms with van der Waals surface area (Å²) < 4.78 is 24.4. The Labute approximate surface area is 200 Å². The molecular formula is C27H22FN3O4. The molecule has 7 nitrogen and oxygen atoms in total. The molecule has 1 fully saturated rings. The van der Waals surface area contributed by atoms with Gasteiger partial charge in [-0.25, -0.2) is 4.39 Å². The third kappa shape index (κ3) is 4.63. The SMILES string of the molecule is COc1ccc2nccc(Oc3ccc(NC(=O)C4(C(=O)Nc5ccc(F)cc5)CC4)cc3)c2c1. The maximum absolute atomic E-state index is 13.1. The summed E-state index contributed by atoms with van der Waals surface area (Å²) in [4.78, 5) is 30.0. The number of anilines is 2. The first-order valence-electron chi connectivity index (χ1n) is 11.1. The Morgan fingerprint density at radius 3 is 2.06 bits per heavy atom. The van der Waals surface area contributed by atoms with E-state index < -0.39 is 17.1 Å². The zero-order valence-corrected chi connectivity index (χ0v) is 18.9. The number of halogens is 1. The van der Waals surface area contributed by atoms with Crippen LogP contribution in [0.3, 0.4) is 0 Å². The molecule has 0 saturated heterocycles. The van der Waals surface area contributed by atoms with Crippen molar-refractivity contribution in [1.29, 1.82) is 0 Å². The number of nitrogens with zero attached hydrogens (tertiary/aromatic N) is 1. The highest BCUT2D eigenvalue weighted by Crippen LogP contribution is 2.47. The lowest BCUT2D eigenvalue weighted by Gasteiger charge is -2.16. The van der Waals surface area contributed by atoms with Gasteiger partial charge in [-0.2, -0.15) is 0 Å². The van der Waals surface area contributed by atoms with Gasteiger partial charge in [0.05, 0.1) is 12.6 Å². The Kier molecular flexibility index (Phi) is 5.78. The average molecular weight is 471 g/mol. The minimum atomic E-state index is -1.13. The molecule has 4 aromatic rings. The number of amides is 2. The summed E-state index contributed by atoms with van der Waals surface area (Å²) in [6.45, 7) is 0. The second kappa shape index (κ2) is 9.06. The molecule has 1 saturated carbocycles. The molecule has 0 radical (unpaired) electrons. The van der Waals surface area contributed by atoms with Crippen LogP contribution >= 0.6 is 0 Å². The standard InChI is InChI=1S/C27H22FN3O4/c1-34-21-10-11-23-22(16-21)24(12-15-29-23)35-20-8-6-19(7-9-20)31-26(33)27(13-14-27)25(32)30-18-4-2-17(28)3-5-18/h2-12,15-16H,13-14H2,1H3,(H,30,32)(H,31,33). The van der Waals surface area contributed by atoms with Crippen molar-refractivity contribution in [3.05, 3.63) is 84.8 Å². The lowest BCUT2D eigenvalue weighted by atomic mass is 10.0. The predicted octanol–water partition coefficient (Wildman–Crippen LogP) is 5.53. The van der Waals surface area contributed by atoms with E-state index in [0.717, 1.165) is 10.9 Å². The van der Waals surface area contributed by atoms with Gasteiger partial charge in [0.15, 0.2) is 0 Å². The number of ether oxygens (including phenoxy) is 2. The van der Waals surface area contributed by atoms with Crippen molar-refractivity contribution in [1.82, 2.24) is 4.98 Å². The number of fused-ring (bicyclic) bond motifs is 1. The van der Waals surface area contributed by atoms with Crippen molar-refractivity contribution in [2.24, 2.45) is 5.41 Å². The number of methoxy groups -OCH3 is 1. The molecule has 1 aromatic heterocycles. The van der Waals surface area contributed by atoms with Gasteiger partial charge in [0.2, 0.25) is 11.8 Å². The van der Waals surface area contributed by atoms with Gasteiger partial charge in [0, 0.05) is 23.0 Å². The fourth-order valence-corrected chi connectivity index (χ4v) is 3.77. The highest BCUT2D eigenvalue weighted by molar-refractivity contribution is 6.16. The number of rotatable bonds is 7. The highest BCUT2D eigenvalue weighted by Gasteiger charge is 2.56. The van der Waals surface area contributed by atoms with Crippen LogP contribution < -0.4 is 20.1 Å². The Morgan fingerprint density at radius 1 is 0.857 bits per heavy atom. The molecule has 0 bridgehead atoms. The van der Waals surface area contributed by atoms with E-state index in [9.17, 15) is 14.0 Å². The zero-order chi connectivity index (χ0) is 24.4. The van der Waals surface area contributed by atoms with Gasteiger partial charge in [0.25, 0.3) is 0 Å². The Morgan fingerprint density at radius 2 is 1.46 bits per heavy atom. The Hall–Kier alpha value is -4.46. The summed E-state index contributed by atoms with van der Waals surface area (Å²) in [5, 5.41) is 6.32. The van der Waals surface area contributed by atoms with Crippen LogP contribution in [0.25, 0.3) is 10.9 Å². The van der Waals surface area contributed by atoms with E-state index in [1.54, 1.807) is 43.6 Å². The number of carbonyl (C=O) groups is 2. The number of aromatic nitrogens is 1. The van der Waals surface area contributed by atoms with Gasteiger partial charge in [-0.3, -0.25) is 14.6 Å². The molecule has 1 heterocycles. The Balaban J connectivity index is 1.26. The van der Waals surface area contributed by atoms with E-state index in [1.807, 2.05) is 18.2 Å². The van der Waals surface area contributed by atoms with E-state index in [1.165, 1.54) is 24.3 Å². The molecular weight excluding hydrogens is 449 g/mol. The van der Waals surface area contributed by atoms with Crippen LogP contribution in [0.15, 0.2) is 79.0 Å². The van der Waals surface area contributed by atoms with Crippen LogP contribution in [-0.2, 0) is 9.59 Å². The third-order valence-corrected chi connectivity index (χ3v) is 5.97. The quantitative estimate of drug-likeness (QED) is 0.346. The minimum Gasteiger partial charge on any atom is -0.497 e. The van der Waals surface area contributed by atoms with Crippen molar-refractivity contribution < 1.29 is 23.5 Å². The van der Waals surface area contributed by atoms with Crippen molar-refractivity contribution >= 4 is 34.1 Å². The van der Waals surface area contributed by atoms with Gasteiger partial charge < -0.3 is 20.1 Å². The summed E-state index contributed by atoms with van der Waals surface area (Å²) >= 11 is 0. The van der Waals surface area contributed by atoms with Crippen LogP contribution in [0.1, 0.15) is 12.8 Å². The lowest BCUT2D eigenvalue weighted by Crippen LogP contribution is -2.35. The van der Waals surface area contributed by atoms with Gasteiger partial charge in [-0.15, -0.1) is 0 Å². The van der Waals surface area contributed by atoms with Crippen molar-refractivity contribution in [3.63, 3.8) is 0 Å². The molecule has 176 valence electrons. The summed E-state index contributed by atoms with van der Waals surface area (Å²) in [6, 6.07) is 19.7. The van der Waals surface area contributed by atoms with E-state index >= 15 is 0 Å². The summed E-state index contributed by atoms with van der Waals surface area (Å²) in [5.41, 5.74) is 0.641. The molecule has 0 unspecified atom stereocenters. The van der Waals surface area contributed by atoms with E-state index in [2.05, 4.69) is 15.6 Å². The first kappa shape index (κ1) is 22.3. The summed E-state index contributed by atoms with van der Waals surface area (Å²) in [7, 11) is 1.60. The molecule has 3 aromatic carbocycles. The van der Waals surface area contributed by atoms with Crippen molar-refractivity contribution in [2.45, 2.75) is 12.8 Å². The lowest BCUT2D eigenvalue weighted by molar-refractivity contribution is -0.131. The number of hydrogen-bond acceptors (Lipinski definition) is 5. The van der Waals surface area contributed by atoms with Crippen molar-refractivity contribution in [3.8, 4) is 17.2 Å². The van der Waals surface area contributed by atoms with Gasteiger partial charge in [-0.05, 0) is 85.6 Å². The van der Waals surface area contributed by atoms with Gasteiger partial charge >= 0.3 is 0 Å². The highest BCUT2D eigenvalue weighted by atomic mass is 19.1. The largest absolute Gasteiger partial charge is 0.497 e. The first-order valence-corrected chi connectivity index (χ1v) is 11.1. The number of hydrogen-bond donors (Lipinski definition) is 2. The zero-order valence-electron chi connectivity index (χ0n) is 18.9. The molecule has 1 aliphatic rings. The van der Waals surface area contributed by atoms with Gasteiger partial charge in [-0.1, -0.05) is 0 Å². The number of pyridine rings is 1. The smallest absolute Gasteiger partial charge is 0.240 e. The first-order chi connectivity index (χ1) is 17.0. The van der Waals surface area contributed by atoms with E-state index in [-0.39, 0.29) is 5.91 Å². The molecule has 5 rings (SSSR count). The monoisotopic (exact) mass is 471 g/mol. The molecule has 8 heteroatoms. The predicted molar refractivity (Wildman–Crippen MR) is 130 cm³/mol. The normalized spacial score (nSPS) is 13.7. The molecule has 1 aliphatic carbocycles. The van der Waals surface area contributed by atoms with E-state index in [0.29, 0.717) is 41.5 Å². The second-order valence-corrected chi connectivity index (χ2v) is 8.32. The van der Waals surface area contributed by atoms with E-state index in [4.69, 9.17) is 9.47 Å². The number of nitrogens with one attached hydrogen (secondary N) is 2. The van der Waals surface area contributed by atoms with Crippen LogP contribution in [0.5, 0.6) is 17.2 Å². The van der Waals surface area contributed by atoms with Crippen LogP contribution in [0, 0.1) is 11.2 Å². The Bertz CT molecular complexity index is 1400. The summed E-state index contributed by atoms with van der Waals surface area (Å²) in [6.07, 6.45) is 2.57. The van der Waals surface area contributed by atoms with Crippen LogP contribution in [0.4, 0.5) is 15.8 Å². The minimum absolute atomic E-state index is 0.377. The number of carbonyl (C=O) groups excluding carboxylic acids is 2. The molecule has 0 atom stereocenters. The van der Waals surface area contributed by atoms with Crippen molar-refractivity contribution in [2.75, 3.05) is 17.7 Å². The fraction of sp³-hybridized carbons (Fsp3) is 0.148. The average Bonchev–Trinajstić information content (AvgIpc) is 3.69. The van der Waals surface area contributed by atoms with Crippen LogP contribution in [-0.4, -0.2) is 23.9 Å². The topological polar surface area (TPSA) is 89.6 Å². The molecule has 2 amide bonds. The fourth-order valence-electron chi connectivity index (χ4n) is 3.77. The number of benzene rings is 3. The molecule has 35 heavy (non-hydrogen) atoms. The molecule has 2 N–H and O–H groups in total. The summed E-state index contributed by atoms with van der Waals surface area (Å²) in [5.74, 6) is 0.727. The molecule has 0 spiro atoms. The molecule has 0 aliphatic heterocycles. The maximum atomic E-state index is 13.1. The van der Waals surface area contributed by atoms with Crippen LogP contribution in [0.2, 0.25) is 0 Å². The second-order valence-electron chi connectivity index (χ2n) is 8.32.